The maximum absolute atomic E-state index is 12.5. The quantitative estimate of drug-likeness (QED) is 0.605. The predicted octanol–water partition coefficient (Wildman–Crippen LogP) is 3.37. The second-order valence-corrected chi connectivity index (χ2v) is 4.50. The van der Waals surface area contributed by atoms with Crippen molar-refractivity contribution in [1.29, 1.82) is 0 Å². The molecule has 1 heterocycles. The molecule has 2 heteroatoms. The standard InChI is InChI=1S/C11H16FN/c1-8(11(2,3)4)9-5-6-10(12)13-7-9/h5-8H,1-4H3. The highest BCUT2D eigenvalue weighted by molar-refractivity contribution is 5.16. The molecule has 0 bridgehead atoms. The molecule has 72 valence electrons. The predicted molar refractivity (Wildman–Crippen MR) is 52.1 cm³/mol. The molecular weight excluding hydrogens is 165 g/mol. The molecule has 0 saturated carbocycles. The van der Waals surface area contributed by atoms with E-state index in [1.165, 1.54) is 6.07 Å². The van der Waals surface area contributed by atoms with Crippen molar-refractivity contribution in [3.63, 3.8) is 0 Å². The minimum Gasteiger partial charge on any atom is -0.228 e. The second-order valence-electron chi connectivity index (χ2n) is 4.50. The Balaban J connectivity index is 2.90. The number of halogens is 1. The van der Waals surface area contributed by atoms with Crippen LogP contribution in [0.15, 0.2) is 18.3 Å². The van der Waals surface area contributed by atoms with Crippen LogP contribution < -0.4 is 0 Å². The van der Waals surface area contributed by atoms with Gasteiger partial charge in [-0.05, 0) is 23.0 Å². The van der Waals surface area contributed by atoms with Crippen molar-refractivity contribution < 1.29 is 4.39 Å². The molecular formula is C11H16FN. The van der Waals surface area contributed by atoms with Gasteiger partial charge in [-0.1, -0.05) is 33.8 Å². The summed E-state index contributed by atoms with van der Waals surface area (Å²) >= 11 is 0. The Kier molecular flexibility index (Phi) is 2.69. The minimum atomic E-state index is -0.412. The van der Waals surface area contributed by atoms with E-state index in [9.17, 15) is 4.39 Å². The molecule has 0 fully saturated rings. The number of rotatable bonds is 1. The fourth-order valence-electron chi connectivity index (χ4n) is 1.14. The Hall–Kier alpha value is -0.920. The van der Waals surface area contributed by atoms with Crippen molar-refractivity contribution in [3.8, 4) is 0 Å². The molecule has 1 unspecified atom stereocenters. The molecule has 0 aromatic carbocycles. The molecule has 13 heavy (non-hydrogen) atoms. The molecule has 1 rings (SSSR count). The molecule has 1 atom stereocenters. The van der Waals surface area contributed by atoms with E-state index in [0.29, 0.717) is 5.92 Å². The van der Waals surface area contributed by atoms with Crippen molar-refractivity contribution in [3.05, 3.63) is 29.8 Å². The van der Waals surface area contributed by atoms with E-state index >= 15 is 0 Å². The van der Waals surface area contributed by atoms with Crippen molar-refractivity contribution >= 4 is 0 Å². The van der Waals surface area contributed by atoms with Crippen molar-refractivity contribution in [2.75, 3.05) is 0 Å². The van der Waals surface area contributed by atoms with Gasteiger partial charge in [0.1, 0.15) is 0 Å². The zero-order valence-corrected chi connectivity index (χ0v) is 8.63. The summed E-state index contributed by atoms with van der Waals surface area (Å²) in [6, 6.07) is 3.22. The zero-order chi connectivity index (χ0) is 10.1. The highest BCUT2D eigenvalue weighted by Gasteiger charge is 2.21. The van der Waals surface area contributed by atoms with E-state index in [2.05, 4.69) is 32.7 Å². The van der Waals surface area contributed by atoms with E-state index in [-0.39, 0.29) is 5.41 Å². The van der Waals surface area contributed by atoms with Crippen LogP contribution in [0.3, 0.4) is 0 Å². The molecule has 0 saturated heterocycles. The summed E-state index contributed by atoms with van der Waals surface area (Å²) in [6.07, 6.45) is 1.62. The first-order valence-electron chi connectivity index (χ1n) is 4.52. The maximum Gasteiger partial charge on any atom is 0.212 e. The average molecular weight is 181 g/mol. The van der Waals surface area contributed by atoms with E-state index in [1.54, 1.807) is 12.3 Å². The summed E-state index contributed by atoms with van der Waals surface area (Å²) in [5.41, 5.74) is 1.29. The Bertz CT molecular complexity index is 271. The molecule has 0 radical (unpaired) electrons. The fraction of sp³-hybridized carbons (Fsp3) is 0.545. The Morgan fingerprint density at radius 2 is 1.92 bits per heavy atom. The summed E-state index contributed by atoms with van der Waals surface area (Å²) in [5, 5.41) is 0. The van der Waals surface area contributed by atoms with Gasteiger partial charge in [-0.25, -0.2) is 4.98 Å². The summed E-state index contributed by atoms with van der Waals surface area (Å²) in [5.74, 6) is -0.0227. The van der Waals surface area contributed by atoms with Gasteiger partial charge in [0.25, 0.3) is 0 Å². The molecule has 1 aromatic heterocycles. The summed E-state index contributed by atoms with van der Waals surface area (Å²) in [4.78, 5) is 3.65. The van der Waals surface area contributed by atoms with E-state index < -0.39 is 5.95 Å². The Labute approximate surface area is 79.0 Å². The van der Waals surface area contributed by atoms with Crippen molar-refractivity contribution in [1.82, 2.24) is 4.98 Å². The molecule has 1 nitrogen and oxygen atoms in total. The monoisotopic (exact) mass is 181 g/mol. The topological polar surface area (TPSA) is 12.9 Å². The van der Waals surface area contributed by atoms with Crippen LogP contribution in [0.2, 0.25) is 0 Å². The van der Waals surface area contributed by atoms with Gasteiger partial charge in [0, 0.05) is 6.20 Å². The van der Waals surface area contributed by atoms with Gasteiger partial charge in [0.15, 0.2) is 0 Å². The third-order valence-corrected chi connectivity index (χ3v) is 2.55. The highest BCUT2D eigenvalue weighted by atomic mass is 19.1. The third-order valence-electron chi connectivity index (χ3n) is 2.55. The maximum atomic E-state index is 12.5. The summed E-state index contributed by atoms with van der Waals surface area (Å²) in [7, 11) is 0. The van der Waals surface area contributed by atoms with Crippen LogP contribution >= 0.6 is 0 Å². The second kappa shape index (κ2) is 3.44. The Morgan fingerprint density at radius 1 is 1.31 bits per heavy atom. The van der Waals surface area contributed by atoms with Gasteiger partial charge >= 0.3 is 0 Å². The fourth-order valence-corrected chi connectivity index (χ4v) is 1.14. The normalized spacial score (nSPS) is 14.2. The van der Waals surface area contributed by atoms with Crippen LogP contribution in [0.4, 0.5) is 4.39 Å². The highest BCUT2D eigenvalue weighted by Crippen LogP contribution is 2.33. The molecule has 0 aliphatic carbocycles. The number of nitrogens with zero attached hydrogens (tertiary/aromatic N) is 1. The lowest BCUT2D eigenvalue weighted by atomic mass is 9.78. The smallest absolute Gasteiger partial charge is 0.212 e. The molecule has 0 aliphatic heterocycles. The first-order chi connectivity index (χ1) is 5.91. The number of hydrogen-bond donors (Lipinski definition) is 0. The first-order valence-corrected chi connectivity index (χ1v) is 4.52. The lowest BCUT2D eigenvalue weighted by Gasteiger charge is -2.27. The van der Waals surface area contributed by atoms with Crippen molar-refractivity contribution in [2.24, 2.45) is 5.41 Å². The van der Waals surface area contributed by atoms with Gasteiger partial charge in [0.2, 0.25) is 5.95 Å². The molecule has 0 aliphatic rings. The van der Waals surface area contributed by atoms with E-state index in [1.807, 2.05) is 0 Å². The summed E-state index contributed by atoms with van der Waals surface area (Å²) in [6.45, 7) is 8.64. The third kappa shape index (κ3) is 2.51. The van der Waals surface area contributed by atoms with Crippen LogP contribution in [0.5, 0.6) is 0 Å². The number of hydrogen-bond acceptors (Lipinski definition) is 1. The van der Waals surface area contributed by atoms with Crippen LogP contribution in [0.1, 0.15) is 39.2 Å². The van der Waals surface area contributed by atoms with Crippen molar-refractivity contribution in [2.45, 2.75) is 33.6 Å². The Morgan fingerprint density at radius 3 is 2.31 bits per heavy atom. The molecule has 0 N–H and O–H groups in total. The molecule has 1 aromatic rings. The molecule has 0 amide bonds. The minimum absolute atomic E-state index is 0.194. The van der Waals surface area contributed by atoms with Crippen LogP contribution in [-0.4, -0.2) is 4.98 Å². The van der Waals surface area contributed by atoms with Gasteiger partial charge in [-0.3, -0.25) is 0 Å². The van der Waals surface area contributed by atoms with Crippen LogP contribution in [0, 0.1) is 11.4 Å². The van der Waals surface area contributed by atoms with Gasteiger partial charge in [0.05, 0.1) is 0 Å². The van der Waals surface area contributed by atoms with Crippen LogP contribution in [0.25, 0.3) is 0 Å². The zero-order valence-electron chi connectivity index (χ0n) is 8.63. The van der Waals surface area contributed by atoms with Gasteiger partial charge in [-0.15, -0.1) is 0 Å². The summed E-state index contributed by atoms with van der Waals surface area (Å²) < 4.78 is 12.5. The number of aromatic nitrogens is 1. The number of pyridine rings is 1. The lowest BCUT2D eigenvalue weighted by molar-refractivity contribution is 0.338. The SMILES string of the molecule is CC(c1ccc(F)nc1)C(C)(C)C. The van der Waals surface area contributed by atoms with Crippen LogP contribution in [-0.2, 0) is 0 Å². The lowest BCUT2D eigenvalue weighted by Crippen LogP contribution is -2.15. The molecule has 0 spiro atoms. The first kappa shape index (κ1) is 10.2. The van der Waals surface area contributed by atoms with Gasteiger partial charge < -0.3 is 0 Å². The van der Waals surface area contributed by atoms with E-state index in [0.717, 1.165) is 5.56 Å². The largest absolute Gasteiger partial charge is 0.228 e. The van der Waals surface area contributed by atoms with Gasteiger partial charge in [-0.2, -0.15) is 4.39 Å². The average Bonchev–Trinajstić information content (AvgIpc) is 2.03. The van der Waals surface area contributed by atoms with E-state index in [4.69, 9.17) is 0 Å².